The van der Waals surface area contributed by atoms with Crippen LogP contribution in [0.4, 0.5) is 0 Å². The second-order valence-electron chi connectivity index (χ2n) is 8.39. The molecule has 2 aliphatic rings. The molecular weight excluding hydrogens is 459 g/mol. The molecule has 3 aromatic rings. The lowest BCUT2D eigenvalue weighted by atomic mass is 9.96. The van der Waals surface area contributed by atoms with Gasteiger partial charge >= 0.3 is 0 Å². The van der Waals surface area contributed by atoms with E-state index in [1.807, 2.05) is 73.5 Å². The van der Waals surface area contributed by atoms with Gasteiger partial charge in [-0.25, -0.2) is 5.01 Å². The van der Waals surface area contributed by atoms with Crippen molar-refractivity contribution in [2.75, 3.05) is 7.11 Å². The lowest BCUT2D eigenvalue weighted by Gasteiger charge is -2.38. The van der Waals surface area contributed by atoms with Crippen LogP contribution < -0.4 is 14.2 Å². The van der Waals surface area contributed by atoms with E-state index in [-0.39, 0.29) is 12.1 Å². The van der Waals surface area contributed by atoms with Crippen LogP contribution in [0.15, 0.2) is 65.8 Å². The first-order valence-corrected chi connectivity index (χ1v) is 11.6. The highest BCUT2D eigenvalue weighted by Gasteiger charge is 2.42. The highest BCUT2D eigenvalue weighted by Crippen LogP contribution is 2.50. The Bertz CT molecular complexity index is 1190. The minimum absolute atomic E-state index is 0.0429. The van der Waals surface area contributed by atoms with E-state index in [4.69, 9.17) is 42.5 Å². The summed E-state index contributed by atoms with van der Waals surface area (Å²) < 4.78 is 17.5. The van der Waals surface area contributed by atoms with Crippen molar-refractivity contribution in [1.29, 1.82) is 0 Å². The molecule has 3 aromatic carbocycles. The molecule has 0 radical (unpaired) electrons. The number of methoxy groups -OCH3 is 1. The van der Waals surface area contributed by atoms with Crippen molar-refractivity contribution in [2.24, 2.45) is 5.10 Å². The Kier molecular flexibility index (Phi) is 5.85. The summed E-state index contributed by atoms with van der Waals surface area (Å²) in [6.07, 6.45) is 0.395. The van der Waals surface area contributed by atoms with Crippen molar-refractivity contribution in [2.45, 2.75) is 38.6 Å². The summed E-state index contributed by atoms with van der Waals surface area (Å²) in [5.41, 5.74) is 3.92. The number of hydrazone groups is 1. The van der Waals surface area contributed by atoms with E-state index in [1.54, 1.807) is 13.2 Å². The molecule has 7 heteroatoms. The molecule has 2 atom stereocenters. The van der Waals surface area contributed by atoms with Gasteiger partial charge in [-0.1, -0.05) is 23.2 Å². The second kappa shape index (κ2) is 8.81. The third kappa shape index (κ3) is 4.23. The molecule has 2 aliphatic heterocycles. The zero-order chi connectivity index (χ0) is 23.1. The van der Waals surface area contributed by atoms with Gasteiger partial charge in [0.1, 0.15) is 17.2 Å². The number of benzene rings is 3. The zero-order valence-electron chi connectivity index (χ0n) is 18.6. The van der Waals surface area contributed by atoms with Crippen molar-refractivity contribution in [3.05, 3.63) is 87.4 Å². The minimum Gasteiger partial charge on any atom is -0.497 e. The molecule has 170 valence electrons. The van der Waals surface area contributed by atoms with Crippen molar-refractivity contribution in [1.82, 2.24) is 5.01 Å². The Morgan fingerprint density at radius 3 is 2.36 bits per heavy atom. The lowest BCUT2D eigenvalue weighted by molar-refractivity contribution is -0.0189. The molecule has 33 heavy (non-hydrogen) atoms. The molecule has 2 heterocycles. The number of halogens is 2. The van der Waals surface area contributed by atoms with Gasteiger partial charge < -0.3 is 14.2 Å². The highest BCUT2D eigenvalue weighted by atomic mass is 35.5. The van der Waals surface area contributed by atoms with Gasteiger partial charge in [0, 0.05) is 22.6 Å². The standard InChI is InChI=1S/C26H24Cl2N2O3/c1-15(2)32-20-10-6-17(7-11-20)26-30-24(21-12-18(27)13-22(28)25(21)33-26)14-23(29-30)16-4-8-19(31-3)9-5-16/h4-13,15,24,26H,14H2,1-3H3. The molecule has 0 saturated carbocycles. The Morgan fingerprint density at radius 2 is 1.70 bits per heavy atom. The van der Waals surface area contributed by atoms with E-state index < -0.39 is 6.23 Å². The first-order chi connectivity index (χ1) is 15.9. The minimum atomic E-state index is -0.426. The van der Waals surface area contributed by atoms with Gasteiger partial charge in [0.2, 0.25) is 6.23 Å². The van der Waals surface area contributed by atoms with Crippen molar-refractivity contribution < 1.29 is 14.2 Å². The first-order valence-electron chi connectivity index (χ1n) is 10.9. The van der Waals surface area contributed by atoms with Gasteiger partial charge in [-0.3, -0.25) is 0 Å². The molecule has 0 spiro atoms. The summed E-state index contributed by atoms with van der Waals surface area (Å²) in [5.74, 6) is 2.28. The third-order valence-corrected chi connectivity index (χ3v) is 6.27. The molecule has 0 bridgehead atoms. The van der Waals surface area contributed by atoms with E-state index >= 15 is 0 Å². The van der Waals surface area contributed by atoms with Crippen molar-refractivity contribution >= 4 is 28.9 Å². The number of nitrogens with zero attached hydrogens (tertiary/aromatic N) is 2. The maximum absolute atomic E-state index is 6.56. The topological polar surface area (TPSA) is 43.3 Å². The Balaban J connectivity index is 1.54. The Hall–Kier alpha value is -2.89. The van der Waals surface area contributed by atoms with Crippen LogP contribution in [0.25, 0.3) is 0 Å². The molecule has 5 nitrogen and oxygen atoms in total. The molecule has 0 fully saturated rings. The van der Waals surface area contributed by atoms with Gasteiger partial charge in [-0.2, -0.15) is 5.10 Å². The summed E-state index contributed by atoms with van der Waals surface area (Å²) >= 11 is 12.9. The fourth-order valence-electron chi connectivity index (χ4n) is 4.28. The lowest BCUT2D eigenvalue weighted by Crippen LogP contribution is -2.33. The van der Waals surface area contributed by atoms with Crippen LogP contribution in [-0.4, -0.2) is 23.9 Å². The van der Waals surface area contributed by atoms with E-state index in [9.17, 15) is 0 Å². The summed E-state index contributed by atoms with van der Waals surface area (Å²) in [6.45, 7) is 4.01. The van der Waals surface area contributed by atoms with E-state index in [1.165, 1.54) is 0 Å². The maximum Gasteiger partial charge on any atom is 0.213 e. The predicted octanol–water partition coefficient (Wildman–Crippen LogP) is 7.03. The van der Waals surface area contributed by atoms with Crippen LogP contribution in [0.3, 0.4) is 0 Å². The molecule has 0 saturated heterocycles. The molecular formula is C26H24Cl2N2O3. The molecule has 0 amide bonds. The van der Waals surface area contributed by atoms with Gasteiger partial charge in [-0.15, -0.1) is 0 Å². The van der Waals surface area contributed by atoms with Crippen LogP contribution in [0.2, 0.25) is 10.0 Å². The van der Waals surface area contributed by atoms with Crippen molar-refractivity contribution in [3.8, 4) is 17.2 Å². The monoisotopic (exact) mass is 482 g/mol. The van der Waals surface area contributed by atoms with Crippen LogP contribution in [0.1, 0.15) is 49.2 Å². The molecule has 2 unspecified atom stereocenters. The number of fused-ring (bicyclic) bond motifs is 3. The van der Waals surface area contributed by atoms with E-state index in [2.05, 4.69) is 0 Å². The number of rotatable bonds is 5. The SMILES string of the molecule is COc1ccc(C2=NN3C(C2)c2cc(Cl)cc(Cl)c2OC3c2ccc(OC(C)C)cc2)cc1. The smallest absolute Gasteiger partial charge is 0.213 e. The van der Waals surface area contributed by atoms with Crippen LogP contribution >= 0.6 is 23.2 Å². The van der Waals surface area contributed by atoms with Crippen LogP contribution in [0.5, 0.6) is 17.2 Å². The van der Waals surface area contributed by atoms with Crippen molar-refractivity contribution in [3.63, 3.8) is 0 Å². The molecule has 5 rings (SSSR count). The van der Waals surface area contributed by atoms with Gasteiger partial charge in [0.15, 0.2) is 0 Å². The van der Waals surface area contributed by atoms with Gasteiger partial charge in [0.05, 0.1) is 30.0 Å². The highest BCUT2D eigenvalue weighted by molar-refractivity contribution is 6.35. The normalized spacial score (nSPS) is 19.0. The van der Waals surface area contributed by atoms with Gasteiger partial charge in [-0.05, 0) is 80.1 Å². The number of hydrogen-bond acceptors (Lipinski definition) is 5. The average molecular weight is 483 g/mol. The number of hydrogen-bond donors (Lipinski definition) is 0. The first kappa shape index (κ1) is 21.9. The molecule has 0 N–H and O–H groups in total. The molecule has 0 aliphatic carbocycles. The van der Waals surface area contributed by atoms with E-state index in [0.717, 1.165) is 33.9 Å². The predicted molar refractivity (Wildman–Crippen MR) is 131 cm³/mol. The quantitative estimate of drug-likeness (QED) is 0.391. The second-order valence-corrected chi connectivity index (χ2v) is 9.23. The maximum atomic E-state index is 6.56. The third-order valence-electron chi connectivity index (χ3n) is 5.77. The summed E-state index contributed by atoms with van der Waals surface area (Å²) in [5, 5.41) is 8.07. The van der Waals surface area contributed by atoms with Gasteiger partial charge in [0.25, 0.3) is 0 Å². The zero-order valence-corrected chi connectivity index (χ0v) is 20.1. The summed E-state index contributed by atoms with van der Waals surface area (Å²) in [4.78, 5) is 0. The number of ether oxygens (including phenoxy) is 3. The average Bonchev–Trinajstić information content (AvgIpc) is 3.25. The van der Waals surface area contributed by atoms with Crippen LogP contribution in [0, 0.1) is 0 Å². The summed E-state index contributed by atoms with van der Waals surface area (Å²) in [7, 11) is 1.66. The summed E-state index contributed by atoms with van der Waals surface area (Å²) in [6, 6.07) is 19.5. The fourth-order valence-corrected chi connectivity index (χ4v) is 4.83. The largest absolute Gasteiger partial charge is 0.497 e. The van der Waals surface area contributed by atoms with E-state index in [0.29, 0.717) is 22.2 Å². The molecule has 0 aromatic heterocycles. The van der Waals surface area contributed by atoms with Crippen LogP contribution in [-0.2, 0) is 0 Å². The Labute approximate surface area is 203 Å². The fraction of sp³-hybridized carbons (Fsp3) is 0.269. The Morgan fingerprint density at radius 1 is 1.00 bits per heavy atom.